The maximum Gasteiger partial charge on any atom is 0.289 e. The summed E-state index contributed by atoms with van der Waals surface area (Å²) in [5.41, 5.74) is 0. The molecule has 0 radical (unpaired) electrons. The van der Waals surface area contributed by atoms with Crippen molar-refractivity contribution in [3.05, 3.63) is 58.6 Å². The summed E-state index contributed by atoms with van der Waals surface area (Å²) in [6.07, 6.45) is 0. The summed E-state index contributed by atoms with van der Waals surface area (Å²) in [6.45, 7) is 0. The van der Waals surface area contributed by atoms with Crippen LogP contribution in [0.3, 0.4) is 0 Å². The second-order valence-corrected chi connectivity index (χ2v) is 15.1. The van der Waals surface area contributed by atoms with Crippen molar-refractivity contribution in [1.82, 2.24) is 0 Å². The van der Waals surface area contributed by atoms with Gasteiger partial charge in [-0.05, 0) is 56.1 Å². The second kappa shape index (κ2) is 6.65. The fourth-order valence-electron chi connectivity index (χ4n) is 1.73. The Hall–Kier alpha value is -0.120. The third-order valence-electron chi connectivity index (χ3n) is 2.88. The third kappa shape index (κ3) is 3.21. The molecule has 0 amide bonds. The Labute approximate surface area is 160 Å². The molecule has 0 bridgehead atoms. The molecule has 124 valence electrons. The highest BCUT2D eigenvalue weighted by Gasteiger charge is 2.53. The average Bonchev–Trinajstić information content (AvgIpc) is 2.47. The van der Waals surface area contributed by atoms with Crippen LogP contribution in [0.1, 0.15) is 0 Å². The molecule has 0 unspecified atom stereocenters. The van der Waals surface area contributed by atoms with E-state index in [1.807, 2.05) is 0 Å². The van der Waals surface area contributed by atoms with Crippen molar-refractivity contribution in [2.45, 2.75) is 11.7 Å². The quantitative estimate of drug-likeness (QED) is 0.548. The molecule has 0 heterocycles. The van der Waals surface area contributed by atoms with Crippen molar-refractivity contribution < 1.29 is 16.8 Å². The lowest BCUT2D eigenvalue weighted by Crippen LogP contribution is -2.35. The van der Waals surface area contributed by atoms with Gasteiger partial charge in [0.15, 0.2) is 0 Å². The van der Waals surface area contributed by atoms with Gasteiger partial charge in [-0.15, -0.1) is 0 Å². The third-order valence-corrected chi connectivity index (χ3v) is 13.3. The average molecular weight is 523 g/mol. The molecular formula is C13H8Br2Cl2O4S2. The van der Waals surface area contributed by atoms with E-state index in [1.54, 1.807) is 0 Å². The fraction of sp³-hybridized carbons (Fsp3) is 0.0769. The standard InChI is InChI=1S/C13H8Br2Cl2O4S2/c14-13(15,22(18,19)11-7-3-1-5-9(11)16)23(20,21)12-8-4-2-6-10(12)17/h1-8H. The normalized spacial score (nSPS) is 13.0. The van der Waals surface area contributed by atoms with E-state index in [2.05, 4.69) is 31.9 Å². The Balaban J connectivity index is 2.71. The minimum atomic E-state index is -4.44. The summed E-state index contributed by atoms with van der Waals surface area (Å²) in [5.74, 6) is 0. The Morgan fingerprint density at radius 1 is 0.696 bits per heavy atom. The molecule has 0 saturated heterocycles. The topological polar surface area (TPSA) is 68.3 Å². The summed E-state index contributed by atoms with van der Waals surface area (Å²) in [4.78, 5) is -0.655. The zero-order chi connectivity index (χ0) is 17.5. The van der Waals surface area contributed by atoms with E-state index < -0.39 is 21.6 Å². The van der Waals surface area contributed by atoms with Crippen molar-refractivity contribution in [2.24, 2.45) is 0 Å². The molecule has 10 heteroatoms. The molecule has 2 aromatic rings. The highest BCUT2D eigenvalue weighted by atomic mass is 79.9. The molecule has 0 spiro atoms. The van der Waals surface area contributed by atoms with Crippen molar-refractivity contribution in [1.29, 1.82) is 0 Å². The summed E-state index contributed by atoms with van der Waals surface area (Å²) in [7, 11) is -8.87. The lowest BCUT2D eigenvalue weighted by Gasteiger charge is -2.22. The van der Waals surface area contributed by atoms with Gasteiger partial charge in [0, 0.05) is 0 Å². The highest BCUT2D eigenvalue weighted by Crippen LogP contribution is 2.47. The van der Waals surface area contributed by atoms with Crippen LogP contribution in [0.5, 0.6) is 0 Å². The van der Waals surface area contributed by atoms with Gasteiger partial charge in [0.1, 0.15) is 0 Å². The van der Waals surface area contributed by atoms with Crippen LogP contribution in [-0.4, -0.2) is 18.7 Å². The van der Waals surface area contributed by atoms with Crippen LogP contribution in [0.25, 0.3) is 0 Å². The zero-order valence-corrected chi connectivity index (χ0v) is 17.4. The molecule has 0 aromatic heterocycles. The predicted octanol–water partition coefficient (Wildman–Crippen LogP) is 4.64. The Bertz CT molecular complexity index is 880. The number of hydrogen-bond donors (Lipinski definition) is 0. The van der Waals surface area contributed by atoms with Crippen LogP contribution in [0, 0.1) is 0 Å². The number of rotatable bonds is 4. The SMILES string of the molecule is O=S(=O)(c1ccccc1Cl)C(Br)(Br)S(=O)(=O)c1ccccc1Cl. The fourth-order valence-corrected chi connectivity index (χ4v) is 8.07. The van der Waals surface area contributed by atoms with Gasteiger partial charge in [0.25, 0.3) is 1.90 Å². The van der Waals surface area contributed by atoms with E-state index in [0.717, 1.165) is 0 Å². The molecule has 0 saturated carbocycles. The number of hydrogen-bond acceptors (Lipinski definition) is 4. The van der Waals surface area contributed by atoms with Gasteiger partial charge in [-0.1, -0.05) is 47.5 Å². The van der Waals surface area contributed by atoms with Crippen molar-refractivity contribution in [3.63, 3.8) is 0 Å². The maximum atomic E-state index is 12.8. The molecule has 2 rings (SSSR count). The van der Waals surface area contributed by atoms with Crippen LogP contribution in [0.2, 0.25) is 10.0 Å². The van der Waals surface area contributed by atoms with Crippen LogP contribution >= 0.6 is 55.1 Å². The molecule has 0 aliphatic rings. The lowest BCUT2D eigenvalue weighted by molar-refractivity contribution is 0.584. The van der Waals surface area contributed by atoms with Gasteiger partial charge in [0.05, 0.1) is 19.8 Å². The van der Waals surface area contributed by atoms with E-state index in [1.165, 1.54) is 48.5 Å². The maximum absolute atomic E-state index is 12.8. The summed E-state index contributed by atoms with van der Waals surface area (Å²) in [5, 5.41) is -0.185. The van der Waals surface area contributed by atoms with Crippen LogP contribution < -0.4 is 0 Å². The van der Waals surface area contributed by atoms with Gasteiger partial charge < -0.3 is 0 Å². The van der Waals surface area contributed by atoms with Gasteiger partial charge in [-0.3, -0.25) is 0 Å². The van der Waals surface area contributed by atoms with Crippen molar-refractivity contribution >= 4 is 74.7 Å². The molecule has 0 aliphatic heterocycles. The van der Waals surface area contributed by atoms with Gasteiger partial charge in [-0.2, -0.15) is 0 Å². The molecule has 0 atom stereocenters. The molecule has 23 heavy (non-hydrogen) atoms. The first kappa shape index (κ1) is 19.2. The Morgan fingerprint density at radius 3 is 1.30 bits per heavy atom. The second-order valence-electron chi connectivity index (χ2n) is 4.33. The van der Waals surface area contributed by atoms with Crippen LogP contribution in [0.15, 0.2) is 58.3 Å². The monoisotopic (exact) mass is 520 g/mol. The highest BCUT2D eigenvalue weighted by molar-refractivity contribution is 9.30. The smallest absolute Gasteiger partial charge is 0.220 e. The number of halogens is 4. The first-order valence-corrected chi connectivity index (χ1v) is 11.2. The van der Waals surface area contributed by atoms with E-state index >= 15 is 0 Å². The number of benzene rings is 2. The summed E-state index contributed by atoms with van der Waals surface area (Å²) in [6, 6.07) is 11.1. The molecular weight excluding hydrogens is 515 g/mol. The number of alkyl halides is 2. The molecule has 2 aromatic carbocycles. The molecule has 0 aliphatic carbocycles. The van der Waals surface area contributed by atoms with Crippen LogP contribution in [-0.2, 0) is 19.7 Å². The van der Waals surface area contributed by atoms with Gasteiger partial charge in [-0.25, -0.2) is 16.8 Å². The van der Waals surface area contributed by atoms with E-state index in [9.17, 15) is 16.8 Å². The number of sulfone groups is 2. The molecule has 0 fully saturated rings. The van der Waals surface area contributed by atoms with Crippen LogP contribution in [0.4, 0.5) is 0 Å². The van der Waals surface area contributed by atoms with Gasteiger partial charge >= 0.3 is 0 Å². The Kier molecular flexibility index (Phi) is 5.55. The van der Waals surface area contributed by atoms with Gasteiger partial charge in [0.2, 0.25) is 19.7 Å². The predicted molar refractivity (Wildman–Crippen MR) is 97.9 cm³/mol. The summed E-state index contributed by atoms with van der Waals surface area (Å²) >= 11 is 17.4. The first-order chi connectivity index (χ1) is 10.5. The van der Waals surface area contributed by atoms with E-state index in [4.69, 9.17) is 23.2 Å². The minimum absolute atomic E-state index is 0.0925. The molecule has 0 N–H and O–H groups in total. The van der Waals surface area contributed by atoms with Crippen molar-refractivity contribution in [2.75, 3.05) is 0 Å². The summed E-state index contributed by atoms with van der Waals surface area (Å²) < 4.78 is 48.7. The Morgan fingerprint density at radius 2 is 1.00 bits per heavy atom. The van der Waals surface area contributed by atoms with E-state index in [0.29, 0.717) is 0 Å². The molecule has 4 nitrogen and oxygen atoms in total. The largest absolute Gasteiger partial charge is 0.289 e. The van der Waals surface area contributed by atoms with E-state index in [-0.39, 0.29) is 19.8 Å². The minimum Gasteiger partial charge on any atom is -0.220 e. The zero-order valence-electron chi connectivity index (χ0n) is 11.1. The lowest BCUT2D eigenvalue weighted by atomic mass is 10.4. The van der Waals surface area contributed by atoms with Crippen molar-refractivity contribution in [3.8, 4) is 0 Å². The first-order valence-electron chi connectivity index (χ1n) is 5.89.